The van der Waals surface area contributed by atoms with E-state index in [1.165, 1.54) is 6.07 Å². The number of imidazole rings is 1. The minimum atomic E-state index is -0.927. The van der Waals surface area contributed by atoms with Crippen LogP contribution in [0.3, 0.4) is 0 Å². The minimum absolute atomic E-state index is 0.0931. The molecule has 0 saturated heterocycles. The largest absolute Gasteiger partial charge is 0.292 e. The standard InChI is InChI=1S/C15H10BrClF2N2/c1-8(17)15-20-12-6-5-11(18)13(19)14(12)21(15)10-4-2-3-9(16)7-10/h2-8H,1H3. The number of alkyl halides is 1. The van der Waals surface area contributed by atoms with Crippen molar-refractivity contribution in [2.45, 2.75) is 12.3 Å². The van der Waals surface area contributed by atoms with Crippen molar-refractivity contribution in [2.75, 3.05) is 0 Å². The zero-order valence-corrected chi connectivity index (χ0v) is 13.3. The Hall–Kier alpha value is -1.46. The first-order valence-corrected chi connectivity index (χ1v) is 7.48. The maximum absolute atomic E-state index is 14.2. The quantitative estimate of drug-likeness (QED) is 0.554. The Morgan fingerprint density at radius 2 is 2.00 bits per heavy atom. The topological polar surface area (TPSA) is 17.8 Å². The summed E-state index contributed by atoms with van der Waals surface area (Å²) in [4.78, 5) is 4.33. The van der Waals surface area contributed by atoms with E-state index in [2.05, 4.69) is 20.9 Å². The summed E-state index contributed by atoms with van der Waals surface area (Å²) < 4.78 is 30.2. The number of halogens is 4. The van der Waals surface area contributed by atoms with Gasteiger partial charge in [-0.1, -0.05) is 22.0 Å². The Morgan fingerprint density at radius 3 is 2.67 bits per heavy atom. The summed E-state index contributed by atoms with van der Waals surface area (Å²) in [6.45, 7) is 1.74. The number of hydrogen-bond donors (Lipinski definition) is 0. The second kappa shape index (κ2) is 5.39. The van der Waals surface area contributed by atoms with Crippen LogP contribution in [0.5, 0.6) is 0 Å². The third kappa shape index (κ3) is 2.45. The molecule has 21 heavy (non-hydrogen) atoms. The second-order valence-electron chi connectivity index (χ2n) is 4.63. The molecule has 2 aromatic carbocycles. The molecule has 1 atom stereocenters. The summed E-state index contributed by atoms with van der Waals surface area (Å²) >= 11 is 9.52. The molecule has 0 N–H and O–H groups in total. The van der Waals surface area contributed by atoms with Crippen LogP contribution in [-0.2, 0) is 0 Å². The molecule has 0 amide bonds. The molecule has 3 rings (SSSR count). The summed E-state index contributed by atoms with van der Waals surface area (Å²) in [5.41, 5.74) is 1.13. The third-order valence-corrected chi connectivity index (χ3v) is 3.85. The molecule has 6 heteroatoms. The van der Waals surface area contributed by atoms with Gasteiger partial charge < -0.3 is 0 Å². The summed E-state index contributed by atoms with van der Waals surface area (Å²) in [5.74, 6) is -1.37. The fraction of sp³-hybridized carbons (Fsp3) is 0.133. The van der Waals surface area contributed by atoms with E-state index in [0.29, 0.717) is 17.0 Å². The number of nitrogens with zero attached hydrogens (tertiary/aromatic N) is 2. The van der Waals surface area contributed by atoms with Gasteiger partial charge in [-0.3, -0.25) is 4.57 Å². The van der Waals surface area contributed by atoms with Gasteiger partial charge in [0.2, 0.25) is 0 Å². The summed E-state index contributed by atoms with van der Waals surface area (Å²) in [6, 6.07) is 9.77. The van der Waals surface area contributed by atoms with Crippen molar-refractivity contribution in [3.63, 3.8) is 0 Å². The highest BCUT2D eigenvalue weighted by Crippen LogP contribution is 2.31. The number of aromatic nitrogens is 2. The van der Waals surface area contributed by atoms with Gasteiger partial charge in [-0.05, 0) is 37.3 Å². The Labute approximate surface area is 133 Å². The summed E-state index contributed by atoms with van der Waals surface area (Å²) in [5, 5.41) is -0.446. The number of hydrogen-bond acceptors (Lipinski definition) is 1. The first-order valence-electron chi connectivity index (χ1n) is 6.25. The SMILES string of the molecule is CC(Cl)c1nc2ccc(F)c(F)c2n1-c1cccc(Br)c1. The highest BCUT2D eigenvalue weighted by atomic mass is 79.9. The van der Waals surface area contributed by atoms with Gasteiger partial charge in [0.25, 0.3) is 0 Å². The van der Waals surface area contributed by atoms with E-state index in [-0.39, 0.29) is 5.52 Å². The maximum Gasteiger partial charge on any atom is 0.185 e. The van der Waals surface area contributed by atoms with Crippen LogP contribution < -0.4 is 0 Å². The number of rotatable bonds is 2. The van der Waals surface area contributed by atoms with Crippen LogP contribution in [-0.4, -0.2) is 9.55 Å². The first-order chi connectivity index (χ1) is 9.99. The average Bonchev–Trinajstić information content (AvgIpc) is 2.83. The van der Waals surface area contributed by atoms with Crippen LogP contribution in [0, 0.1) is 11.6 Å². The van der Waals surface area contributed by atoms with E-state index in [9.17, 15) is 8.78 Å². The van der Waals surface area contributed by atoms with E-state index < -0.39 is 17.0 Å². The van der Waals surface area contributed by atoms with Gasteiger partial charge in [0.15, 0.2) is 11.6 Å². The molecule has 108 valence electrons. The number of fused-ring (bicyclic) bond motifs is 1. The van der Waals surface area contributed by atoms with Gasteiger partial charge in [0, 0.05) is 10.2 Å². The molecule has 0 bridgehead atoms. The lowest BCUT2D eigenvalue weighted by atomic mass is 10.2. The van der Waals surface area contributed by atoms with Gasteiger partial charge >= 0.3 is 0 Å². The molecule has 0 aliphatic rings. The van der Waals surface area contributed by atoms with Crippen LogP contribution in [0.4, 0.5) is 8.78 Å². The van der Waals surface area contributed by atoms with Crippen LogP contribution in [0.15, 0.2) is 40.9 Å². The Bertz CT molecular complexity index is 830. The van der Waals surface area contributed by atoms with Gasteiger partial charge in [-0.25, -0.2) is 13.8 Å². The molecule has 0 saturated carbocycles. The molecule has 3 aromatic rings. The second-order valence-corrected chi connectivity index (χ2v) is 6.20. The molecule has 1 heterocycles. The molecule has 2 nitrogen and oxygen atoms in total. The lowest BCUT2D eigenvalue weighted by Crippen LogP contribution is -2.03. The monoisotopic (exact) mass is 370 g/mol. The predicted octanol–water partition coefficient (Wildman–Crippen LogP) is 5.37. The van der Waals surface area contributed by atoms with E-state index in [1.807, 2.05) is 12.1 Å². The molecule has 0 radical (unpaired) electrons. The predicted molar refractivity (Wildman–Crippen MR) is 83.0 cm³/mol. The Kier molecular flexibility index (Phi) is 3.71. The Morgan fingerprint density at radius 1 is 1.24 bits per heavy atom. The smallest absolute Gasteiger partial charge is 0.185 e. The van der Waals surface area contributed by atoms with Gasteiger partial charge in [-0.15, -0.1) is 11.6 Å². The lowest BCUT2D eigenvalue weighted by Gasteiger charge is -2.11. The van der Waals surface area contributed by atoms with Crippen molar-refractivity contribution in [3.8, 4) is 5.69 Å². The molecular formula is C15H10BrClF2N2. The summed E-state index contributed by atoms with van der Waals surface area (Å²) in [6.07, 6.45) is 0. The summed E-state index contributed by atoms with van der Waals surface area (Å²) in [7, 11) is 0. The van der Waals surface area contributed by atoms with Crippen molar-refractivity contribution in [2.24, 2.45) is 0 Å². The first kappa shape index (κ1) is 14.5. The normalized spacial score (nSPS) is 12.8. The van der Waals surface area contributed by atoms with E-state index in [4.69, 9.17) is 11.6 Å². The molecular weight excluding hydrogens is 362 g/mol. The molecule has 1 unspecified atom stereocenters. The highest BCUT2D eigenvalue weighted by Gasteiger charge is 2.21. The van der Waals surface area contributed by atoms with E-state index in [0.717, 1.165) is 10.5 Å². The fourth-order valence-corrected chi connectivity index (χ4v) is 2.80. The van der Waals surface area contributed by atoms with E-state index >= 15 is 0 Å². The van der Waals surface area contributed by atoms with Gasteiger partial charge in [0.1, 0.15) is 11.3 Å². The molecule has 0 aliphatic heterocycles. The Balaban J connectivity index is 2.43. The molecule has 1 aromatic heterocycles. The number of benzene rings is 2. The van der Waals surface area contributed by atoms with Gasteiger partial charge in [0.05, 0.1) is 10.9 Å². The molecule has 0 aliphatic carbocycles. The van der Waals surface area contributed by atoms with Gasteiger partial charge in [-0.2, -0.15) is 0 Å². The molecule has 0 spiro atoms. The molecule has 0 fully saturated rings. The highest BCUT2D eigenvalue weighted by molar-refractivity contribution is 9.10. The third-order valence-electron chi connectivity index (χ3n) is 3.16. The van der Waals surface area contributed by atoms with Crippen LogP contribution >= 0.6 is 27.5 Å². The van der Waals surface area contributed by atoms with Crippen LogP contribution in [0.1, 0.15) is 18.1 Å². The zero-order valence-electron chi connectivity index (χ0n) is 10.9. The van der Waals surface area contributed by atoms with Crippen molar-refractivity contribution >= 4 is 38.6 Å². The van der Waals surface area contributed by atoms with Crippen LogP contribution in [0.2, 0.25) is 0 Å². The van der Waals surface area contributed by atoms with Crippen molar-refractivity contribution < 1.29 is 8.78 Å². The van der Waals surface area contributed by atoms with Crippen LogP contribution in [0.25, 0.3) is 16.7 Å². The van der Waals surface area contributed by atoms with Crippen molar-refractivity contribution in [3.05, 3.63) is 58.3 Å². The fourth-order valence-electron chi connectivity index (χ4n) is 2.26. The minimum Gasteiger partial charge on any atom is -0.292 e. The maximum atomic E-state index is 14.2. The zero-order chi connectivity index (χ0) is 15.1. The van der Waals surface area contributed by atoms with E-state index in [1.54, 1.807) is 23.6 Å². The van der Waals surface area contributed by atoms with Crippen molar-refractivity contribution in [1.82, 2.24) is 9.55 Å². The average molecular weight is 372 g/mol. The lowest BCUT2D eigenvalue weighted by molar-refractivity contribution is 0.514. The van der Waals surface area contributed by atoms with Crippen molar-refractivity contribution in [1.29, 1.82) is 0 Å².